The van der Waals surface area contributed by atoms with Gasteiger partial charge in [-0.3, -0.25) is 0 Å². The predicted octanol–water partition coefficient (Wildman–Crippen LogP) is 4.49. The Balaban J connectivity index is 2.29. The van der Waals surface area contributed by atoms with Crippen LogP contribution in [-0.4, -0.2) is 7.05 Å². The first-order chi connectivity index (χ1) is 9.02. The zero-order valence-electron chi connectivity index (χ0n) is 10.6. The van der Waals surface area contributed by atoms with Crippen molar-refractivity contribution in [3.05, 3.63) is 56.2 Å². The van der Waals surface area contributed by atoms with Gasteiger partial charge in [0.25, 0.3) is 0 Å². The summed E-state index contributed by atoms with van der Waals surface area (Å²) in [7, 11) is 1.78. The molecule has 0 bridgehead atoms. The molecule has 1 unspecified atom stereocenters. The van der Waals surface area contributed by atoms with Crippen LogP contribution in [0.1, 0.15) is 22.0 Å². The second-order valence-corrected chi connectivity index (χ2v) is 5.67. The Kier molecular flexibility index (Phi) is 4.55. The van der Waals surface area contributed by atoms with Crippen LogP contribution in [0.4, 0.5) is 8.78 Å². The van der Waals surface area contributed by atoms with Crippen LogP contribution in [0, 0.1) is 18.6 Å². The molecule has 1 atom stereocenters. The molecule has 5 heteroatoms. The number of rotatable bonds is 4. The largest absolute Gasteiger partial charge is 0.312 e. The minimum absolute atomic E-state index is 0.123. The summed E-state index contributed by atoms with van der Waals surface area (Å²) in [5.41, 5.74) is 1.35. The van der Waals surface area contributed by atoms with E-state index in [1.807, 2.05) is 12.3 Å². The number of hydrogen-bond donors (Lipinski definition) is 1. The van der Waals surface area contributed by atoms with Crippen molar-refractivity contribution in [3.8, 4) is 0 Å². The van der Waals surface area contributed by atoms with Crippen LogP contribution in [-0.2, 0) is 6.42 Å². The average molecular weight is 302 g/mol. The molecule has 1 aromatic carbocycles. The van der Waals surface area contributed by atoms with E-state index in [9.17, 15) is 8.78 Å². The van der Waals surface area contributed by atoms with Crippen molar-refractivity contribution in [3.63, 3.8) is 0 Å². The number of nitrogens with one attached hydrogen (secondary N) is 1. The second-order valence-electron chi connectivity index (χ2n) is 4.38. The summed E-state index contributed by atoms with van der Waals surface area (Å²) in [6.07, 6.45) is 0.361. The molecular weight excluding hydrogens is 288 g/mol. The highest BCUT2D eigenvalue weighted by Crippen LogP contribution is 2.34. The second kappa shape index (κ2) is 5.99. The zero-order valence-corrected chi connectivity index (χ0v) is 12.2. The van der Waals surface area contributed by atoms with E-state index in [1.165, 1.54) is 17.4 Å². The molecule has 0 saturated carbocycles. The zero-order chi connectivity index (χ0) is 14.0. The van der Waals surface area contributed by atoms with Crippen molar-refractivity contribution in [1.29, 1.82) is 0 Å². The first kappa shape index (κ1) is 14.4. The molecule has 0 spiro atoms. The Morgan fingerprint density at radius 1 is 1.37 bits per heavy atom. The maximum absolute atomic E-state index is 13.7. The van der Waals surface area contributed by atoms with Gasteiger partial charge in [-0.1, -0.05) is 11.6 Å². The van der Waals surface area contributed by atoms with Crippen molar-refractivity contribution >= 4 is 22.9 Å². The van der Waals surface area contributed by atoms with Gasteiger partial charge in [-0.15, -0.1) is 11.3 Å². The summed E-state index contributed by atoms with van der Waals surface area (Å²) < 4.78 is 26.8. The fraction of sp³-hybridized carbons (Fsp3) is 0.286. The number of halogens is 3. The van der Waals surface area contributed by atoms with Crippen LogP contribution >= 0.6 is 22.9 Å². The normalized spacial score (nSPS) is 12.7. The van der Waals surface area contributed by atoms with Gasteiger partial charge in [-0.25, -0.2) is 8.78 Å². The summed E-state index contributed by atoms with van der Waals surface area (Å²) in [6, 6.07) is 3.38. The Bertz CT molecular complexity index is 583. The Labute approximate surface area is 120 Å². The SMILES string of the molecule is CNC(Cc1cc(F)ccc1F)c1scc(C)c1Cl. The van der Waals surface area contributed by atoms with E-state index in [-0.39, 0.29) is 6.04 Å². The fourth-order valence-electron chi connectivity index (χ4n) is 1.93. The average Bonchev–Trinajstić information content (AvgIpc) is 2.71. The van der Waals surface area contributed by atoms with E-state index in [1.54, 1.807) is 7.05 Å². The lowest BCUT2D eigenvalue weighted by Crippen LogP contribution is -2.18. The van der Waals surface area contributed by atoms with Crippen LogP contribution < -0.4 is 5.32 Å². The van der Waals surface area contributed by atoms with Gasteiger partial charge in [0.15, 0.2) is 0 Å². The van der Waals surface area contributed by atoms with Gasteiger partial charge in [0.2, 0.25) is 0 Å². The third-order valence-electron chi connectivity index (χ3n) is 3.02. The maximum Gasteiger partial charge on any atom is 0.126 e. The Morgan fingerprint density at radius 3 is 2.68 bits per heavy atom. The van der Waals surface area contributed by atoms with Crippen molar-refractivity contribution in [2.45, 2.75) is 19.4 Å². The predicted molar refractivity (Wildman–Crippen MR) is 75.9 cm³/mol. The van der Waals surface area contributed by atoms with Gasteiger partial charge in [0.05, 0.1) is 5.02 Å². The van der Waals surface area contributed by atoms with Gasteiger partial charge >= 0.3 is 0 Å². The molecule has 1 aromatic heterocycles. The number of benzene rings is 1. The van der Waals surface area contributed by atoms with Crippen molar-refractivity contribution in [1.82, 2.24) is 5.32 Å². The number of aryl methyl sites for hydroxylation is 1. The Morgan fingerprint density at radius 2 is 2.11 bits per heavy atom. The van der Waals surface area contributed by atoms with E-state index < -0.39 is 11.6 Å². The molecule has 1 heterocycles. The minimum Gasteiger partial charge on any atom is -0.312 e. The summed E-state index contributed by atoms with van der Waals surface area (Å²) in [5.74, 6) is -0.828. The van der Waals surface area contributed by atoms with Gasteiger partial charge in [-0.05, 0) is 55.1 Å². The summed E-state index contributed by atoms with van der Waals surface area (Å²) >= 11 is 7.75. The monoisotopic (exact) mass is 301 g/mol. The molecule has 1 N–H and O–H groups in total. The highest BCUT2D eigenvalue weighted by molar-refractivity contribution is 7.10. The standard InChI is InChI=1S/C14H14ClF2NS/c1-8-7-19-14(13(8)15)12(18-2)6-9-5-10(16)3-4-11(9)17/h3-5,7,12,18H,6H2,1-2H3. The number of hydrogen-bond acceptors (Lipinski definition) is 2. The van der Waals surface area contributed by atoms with Crippen LogP contribution in [0.5, 0.6) is 0 Å². The van der Waals surface area contributed by atoms with E-state index >= 15 is 0 Å². The summed E-state index contributed by atoms with van der Waals surface area (Å²) in [4.78, 5) is 0.949. The lowest BCUT2D eigenvalue weighted by atomic mass is 10.0. The van der Waals surface area contributed by atoms with Crippen LogP contribution in [0.15, 0.2) is 23.6 Å². The topological polar surface area (TPSA) is 12.0 Å². The van der Waals surface area contributed by atoms with E-state index in [0.29, 0.717) is 17.0 Å². The van der Waals surface area contributed by atoms with Crippen molar-refractivity contribution < 1.29 is 8.78 Å². The lowest BCUT2D eigenvalue weighted by molar-refractivity contribution is 0.548. The highest BCUT2D eigenvalue weighted by atomic mass is 35.5. The molecule has 0 aliphatic rings. The molecule has 0 aliphatic carbocycles. The van der Waals surface area contributed by atoms with E-state index in [0.717, 1.165) is 22.6 Å². The molecule has 19 heavy (non-hydrogen) atoms. The molecular formula is C14H14ClF2NS. The molecule has 2 aromatic rings. The smallest absolute Gasteiger partial charge is 0.126 e. The number of thiophene rings is 1. The molecule has 1 nitrogen and oxygen atoms in total. The lowest BCUT2D eigenvalue weighted by Gasteiger charge is -2.16. The summed E-state index contributed by atoms with van der Waals surface area (Å²) in [5, 5.41) is 5.76. The van der Waals surface area contributed by atoms with Gasteiger partial charge < -0.3 is 5.32 Å². The van der Waals surface area contributed by atoms with Crippen LogP contribution in [0.2, 0.25) is 5.02 Å². The third kappa shape index (κ3) is 3.14. The highest BCUT2D eigenvalue weighted by Gasteiger charge is 2.18. The fourth-order valence-corrected chi connectivity index (χ4v) is 3.37. The Hall–Kier alpha value is -0.970. The van der Waals surface area contributed by atoms with Crippen LogP contribution in [0.3, 0.4) is 0 Å². The van der Waals surface area contributed by atoms with E-state index in [2.05, 4.69) is 5.32 Å². The maximum atomic E-state index is 13.7. The minimum atomic E-state index is -0.431. The van der Waals surface area contributed by atoms with Crippen LogP contribution in [0.25, 0.3) is 0 Å². The van der Waals surface area contributed by atoms with E-state index in [4.69, 9.17) is 11.6 Å². The molecule has 102 valence electrons. The molecule has 0 fully saturated rings. The first-order valence-electron chi connectivity index (χ1n) is 5.87. The molecule has 0 amide bonds. The quantitative estimate of drug-likeness (QED) is 0.877. The van der Waals surface area contributed by atoms with Gasteiger partial charge in [0.1, 0.15) is 11.6 Å². The number of likely N-dealkylation sites (N-methyl/N-ethyl adjacent to an activating group) is 1. The molecule has 0 saturated heterocycles. The van der Waals surface area contributed by atoms with Crippen molar-refractivity contribution in [2.24, 2.45) is 0 Å². The molecule has 2 rings (SSSR count). The summed E-state index contributed by atoms with van der Waals surface area (Å²) in [6.45, 7) is 1.93. The molecule has 0 aliphatic heterocycles. The first-order valence-corrected chi connectivity index (χ1v) is 7.13. The van der Waals surface area contributed by atoms with Gasteiger partial charge in [-0.2, -0.15) is 0 Å². The third-order valence-corrected chi connectivity index (χ3v) is 4.85. The molecule has 0 radical (unpaired) electrons. The van der Waals surface area contributed by atoms with Crippen molar-refractivity contribution in [2.75, 3.05) is 7.05 Å². The van der Waals surface area contributed by atoms with Gasteiger partial charge in [0, 0.05) is 10.9 Å².